The Bertz CT molecular complexity index is 653. The van der Waals surface area contributed by atoms with Crippen LogP contribution in [0.2, 0.25) is 0 Å². The molecule has 1 unspecified atom stereocenters. The summed E-state index contributed by atoms with van der Waals surface area (Å²) < 4.78 is 3.53. The minimum atomic E-state index is -0.346. The van der Waals surface area contributed by atoms with Gasteiger partial charge in [-0.3, -0.25) is 14.1 Å². The number of nitrogens with two attached hydrogens (primary N) is 1. The molecule has 7 heteroatoms. The van der Waals surface area contributed by atoms with E-state index in [9.17, 15) is 0 Å². The van der Waals surface area contributed by atoms with Gasteiger partial charge in [-0.25, -0.2) is 0 Å². The maximum Gasteiger partial charge on any atom is 0.179 e. The van der Waals surface area contributed by atoms with Gasteiger partial charge < -0.3 is 5.73 Å². The van der Waals surface area contributed by atoms with E-state index in [1.54, 1.807) is 29.5 Å². The molecule has 0 fully saturated rings. The number of aromatic nitrogens is 6. The van der Waals surface area contributed by atoms with Gasteiger partial charge in [-0.15, -0.1) is 10.2 Å². The van der Waals surface area contributed by atoms with Crippen LogP contribution in [0.15, 0.2) is 31.0 Å². The second kappa shape index (κ2) is 3.63. The summed E-state index contributed by atoms with van der Waals surface area (Å²) >= 11 is 0. The molecule has 7 nitrogen and oxygen atoms in total. The lowest BCUT2D eigenvalue weighted by molar-refractivity contribution is 0.751. The first kappa shape index (κ1) is 9.91. The van der Waals surface area contributed by atoms with Crippen LogP contribution >= 0.6 is 0 Å². The van der Waals surface area contributed by atoms with Gasteiger partial charge in [-0.05, 0) is 0 Å². The number of aryl methyl sites for hydroxylation is 1. The molecule has 0 radical (unpaired) electrons. The summed E-state index contributed by atoms with van der Waals surface area (Å²) in [6.45, 7) is 0. The van der Waals surface area contributed by atoms with Crippen LogP contribution in [0.1, 0.15) is 17.4 Å². The Hall–Kier alpha value is -2.28. The third-order valence-corrected chi connectivity index (χ3v) is 2.60. The van der Waals surface area contributed by atoms with Crippen molar-refractivity contribution in [3.05, 3.63) is 42.4 Å². The van der Waals surface area contributed by atoms with Crippen molar-refractivity contribution >= 4 is 5.65 Å². The average Bonchev–Trinajstić information content (AvgIpc) is 2.94. The van der Waals surface area contributed by atoms with Crippen LogP contribution in [-0.2, 0) is 7.05 Å². The highest BCUT2D eigenvalue weighted by Gasteiger charge is 2.17. The maximum atomic E-state index is 6.14. The van der Waals surface area contributed by atoms with Crippen molar-refractivity contribution in [3.63, 3.8) is 0 Å². The molecule has 0 aromatic carbocycles. The molecule has 17 heavy (non-hydrogen) atoms. The lowest BCUT2D eigenvalue weighted by Crippen LogP contribution is -2.15. The molecule has 0 aliphatic heterocycles. The zero-order valence-electron chi connectivity index (χ0n) is 9.22. The summed E-state index contributed by atoms with van der Waals surface area (Å²) in [6, 6.07) is -0.346. The monoisotopic (exact) mass is 229 g/mol. The molecule has 0 spiro atoms. The van der Waals surface area contributed by atoms with Crippen molar-refractivity contribution in [2.45, 2.75) is 6.04 Å². The van der Waals surface area contributed by atoms with E-state index >= 15 is 0 Å². The van der Waals surface area contributed by atoms with Crippen LogP contribution in [0.25, 0.3) is 5.65 Å². The minimum Gasteiger partial charge on any atom is -0.318 e. The highest BCUT2D eigenvalue weighted by Crippen LogP contribution is 2.17. The molecule has 1 atom stereocenters. The Morgan fingerprint density at radius 2 is 2.18 bits per heavy atom. The summed E-state index contributed by atoms with van der Waals surface area (Å²) in [5, 5.41) is 12.2. The molecule has 0 aliphatic carbocycles. The zero-order chi connectivity index (χ0) is 11.8. The molecule has 0 amide bonds. The predicted molar refractivity (Wildman–Crippen MR) is 60.0 cm³/mol. The van der Waals surface area contributed by atoms with Crippen molar-refractivity contribution in [3.8, 4) is 0 Å². The Labute approximate surface area is 96.9 Å². The molecular weight excluding hydrogens is 218 g/mol. The van der Waals surface area contributed by atoms with Crippen LogP contribution in [0.4, 0.5) is 0 Å². The average molecular weight is 229 g/mol. The van der Waals surface area contributed by atoms with E-state index in [0.717, 1.165) is 5.56 Å². The molecule has 3 rings (SSSR count). The number of nitrogens with zero attached hydrogens (tertiary/aromatic N) is 6. The highest BCUT2D eigenvalue weighted by atomic mass is 15.3. The number of hydrogen-bond donors (Lipinski definition) is 1. The largest absolute Gasteiger partial charge is 0.318 e. The Morgan fingerprint density at radius 3 is 2.94 bits per heavy atom. The third kappa shape index (κ3) is 1.56. The fraction of sp³-hybridized carbons (Fsp3) is 0.200. The van der Waals surface area contributed by atoms with Crippen LogP contribution in [0.5, 0.6) is 0 Å². The van der Waals surface area contributed by atoms with Gasteiger partial charge in [0.1, 0.15) is 0 Å². The first-order valence-corrected chi connectivity index (χ1v) is 5.14. The second-order valence-electron chi connectivity index (χ2n) is 3.79. The molecule has 86 valence electrons. The quantitative estimate of drug-likeness (QED) is 0.663. The summed E-state index contributed by atoms with van der Waals surface area (Å²) in [5.41, 5.74) is 7.73. The molecule has 3 heterocycles. The van der Waals surface area contributed by atoms with E-state index in [1.807, 2.05) is 17.6 Å². The normalized spacial score (nSPS) is 13.1. The fourth-order valence-corrected chi connectivity index (χ4v) is 1.73. The molecular formula is C10H11N7. The number of hydrogen-bond acceptors (Lipinski definition) is 5. The SMILES string of the molecule is Cn1cc(C(N)c2nnc3cnccn23)cn1. The van der Waals surface area contributed by atoms with Gasteiger partial charge in [0.2, 0.25) is 0 Å². The van der Waals surface area contributed by atoms with E-state index in [2.05, 4.69) is 20.3 Å². The van der Waals surface area contributed by atoms with E-state index in [0.29, 0.717) is 11.5 Å². The van der Waals surface area contributed by atoms with Gasteiger partial charge in [0.05, 0.1) is 18.4 Å². The zero-order valence-corrected chi connectivity index (χ0v) is 9.22. The molecule has 0 saturated heterocycles. The second-order valence-corrected chi connectivity index (χ2v) is 3.79. The smallest absolute Gasteiger partial charge is 0.179 e. The maximum absolute atomic E-state index is 6.14. The minimum absolute atomic E-state index is 0.346. The molecule has 3 aromatic rings. The predicted octanol–water partition coefficient (Wildman–Crippen LogP) is -0.0941. The van der Waals surface area contributed by atoms with E-state index in [1.165, 1.54) is 0 Å². The molecule has 0 aliphatic rings. The Kier molecular flexibility index (Phi) is 2.12. The van der Waals surface area contributed by atoms with E-state index < -0.39 is 0 Å². The Morgan fingerprint density at radius 1 is 1.29 bits per heavy atom. The van der Waals surface area contributed by atoms with Gasteiger partial charge in [-0.1, -0.05) is 0 Å². The molecule has 3 aromatic heterocycles. The van der Waals surface area contributed by atoms with Crippen LogP contribution < -0.4 is 5.73 Å². The lowest BCUT2D eigenvalue weighted by Gasteiger charge is -2.06. The topological polar surface area (TPSA) is 86.9 Å². The summed E-state index contributed by atoms with van der Waals surface area (Å²) in [6.07, 6.45) is 8.71. The van der Waals surface area contributed by atoms with Gasteiger partial charge in [0.25, 0.3) is 0 Å². The number of fused-ring (bicyclic) bond motifs is 1. The first-order valence-electron chi connectivity index (χ1n) is 5.14. The standard InChI is InChI=1S/C10H11N7/c1-16-6-7(4-13-16)9(11)10-15-14-8-5-12-2-3-17(8)10/h2-6,9H,11H2,1H3. The van der Waals surface area contributed by atoms with E-state index in [-0.39, 0.29) is 6.04 Å². The summed E-state index contributed by atoms with van der Waals surface area (Å²) in [5.74, 6) is 0.676. The van der Waals surface area contributed by atoms with Crippen LogP contribution in [-0.4, -0.2) is 29.4 Å². The van der Waals surface area contributed by atoms with Gasteiger partial charge in [-0.2, -0.15) is 5.10 Å². The van der Waals surface area contributed by atoms with Crippen molar-refractivity contribution in [1.29, 1.82) is 0 Å². The van der Waals surface area contributed by atoms with Crippen molar-refractivity contribution in [2.24, 2.45) is 12.8 Å². The van der Waals surface area contributed by atoms with Gasteiger partial charge >= 0.3 is 0 Å². The van der Waals surface area contributed by atoms with Crippen molar-refractivity contribution in [1.82, 2.24) is 29.4 Å². The van der Waals surface area contributed by atoms with Crippen molar-refractivity contribution in [2.75, 3.05) is 0 Å². The fourth-order valence-electron chi connectivity index (χ4n) is 1.73. The van der Waals surface area contributed by atoms with Crippen LogP contribution in [0, 0.1) is 0 Å². The summed E-state index contributed by atoms with van der Waals surface area (Å²) in [7, 11) is 1.85. The van der Waals surface area contributed by atoms with Crippen molar-refractivity contribution < 1.29 is 0 Å². The first-order chi connectivity index (χ1) is 8.25. The van der Waals surface area contributed by atoms with Gasteiger partial charge in [0.15, 0.2) is 11.5 Å². The van der Waals surface area contributed by atoms with Crippen LogP contribution in [0.3, 0.4) is 0 Å². The summed E-state index contributed by atoms with van der Waals surface area (Å²) in [4.78, 5) is 3.98. The third-order valence-electron chi connectivity index (χ3n) is 2.60. The molecule has 0 bridgehead atoms. The molecule has 2 N–H and O–H groups in total. The lowest BCUT2D eigenvalue weighted by atomic mass is 10.1. The van der Waals surface area contributed by atoms with Gasteiger partial charge in [0, 0.05) is 31.2 Å². The Balaban J connectivity index is 2.09. The number of rotatable bonds is 2. The molecule has 0 saturated carbocycles. The van der Waals surface area contributed by atoms with E-state index in [4.69, 9.17) is 5.73 Å². The highest BCUT2D eigenvalue weighted by molar-refractivity contribution is 5.35.